The Morgan fingerprint density at radius 2 is 1.72 bits per heavy atom. The first-order valence-corrected chi connectivity index (χ1v) is 12.8. The van der Waals surface area contributed by atoms with Gasteiger partial charge in [-0.2, -0.15) is 10.1 Å². The van der Waals surface area contributed by atoms with Crippen molar-refractivity contribution in [3.05, 3.63) is 42.4 Å². The van der Waals surface area contributed by atoms with E-state index >= 15 is 0 Å². The number of carbonyl (C=O) groups is 1. The fraction of sp³-hybridized carbons (Fsp3) is 0.400. The van der Waals surface area contributed by atoms with Gasteiger partial charge in [0.2, 0.25) is 5.65 Å². The smallest absolute Gasteiger partial charge is 0.299 e. The van der Waals surface area contributed by atoms with E-state index in [0.29, 0.717) is 34.4 Å². The Morgan fingerprint density at radius 1 is 0.972 bits per heavy atom. The summed E-state index contributed by atoms with van der Waals surface area (Å²) in [7, 11) is 0. The zero-order valence-electron chi connectivity index (χ0n) is 19.9. The van der Waals surface area contributed by atoms with Crippen molar-refractivity contribution >= 4 is 46.4 Å². The van der Waals surface area contributed by atoms with Gasteiger partial charge in [-0.3, -0.25) is 9.89 Å². The summed E-state index contributed by atoms with van der Waals surface area (Å²) in [6.45, 7) is 3.51. The number of hydrogen-bond acceptors (Lipinski definition) is 8. The minimum absolute atomic E-state index is 0.222. The van der Waals surface area contributed by atoms with Gasteiger partial charge in [-0.1, -0.05) is 6.07 Å². The maximum atomic E-state index is 13.5. The van der Waals surface area contributed by atoms with E-state index in [1.54, 1.807) is 30.6 Å². The molecule has 6 heterocycles. The van der Waals surface area contributed by atoms with Crippen LogP contribution in [0.15, 0.2) is 41.1 Å². The first-order valence-electron chi connectivity index (χ1n) is 12.5. The van der Waals surface area contributed by atoms with Gasteiger partial charge in [-0.15, -0.1) is 0 Å². The van der Waals surface area contributed by atoms with Gasteiger partial charge in [0.25, 0.3) is 11.9 Å². The molecule has 1 amide bonds. The summed E-state index contributed by atoms with van der Waals surface area (Å²) in [6.07, 6.45) is 10.1. The predicted molar refractivity (Wildman–Crippen MR) is 138 cm³/mol. The molecule has 0 radical (unpaired) electrons. The number of rotatable bonds is 5. The first kappa shape index (κ1) is 22.8. The van der Waals surface area contributed by atoms with Gasteiger partial charge >= 0.3 is 0 Å². The maximum absolute atomic E-state index is 13.5. The van der Waals surface area contributed by atoms with Crippen molar-refractivity contribution in [2.75, 3.05) is 40.4 Å². The third-order valence-corrected chi connectivity index (χ3v) is 7.10. The van der Waals surface area contributed by atoms with Crippen LogP contribution in [0, 0.1) is 0 Å². The Morgan fingerprint density at radius 3 is 2.44 bits per heavy atom. The van der Waals surface area contributed by atoms with Crippen LogP contribution in [0.3, 0.4) is 0 Å². The maximum Gasteiger partial charge on any atom is 0.299 e. The topological polar surface area (TPSA) is 107 Å². The molecule has 2 aliphatic heterocycles. The monoisotopic (exact) mass is 506 g/mol. The fourth-order valence-corrected chi connectivity index (χ4v) is 5.06. The van der Waals surface area contributed by atoms with E-state index in [1.165, 1.54) is 12.8 Å². The van der Waals surface area contributed by atoms with Crippen LogP contribution in [-0.4, -0.2) is 57.2 Å². The lowest BCUT2D eigenvalue weighted by atomic mass is 10.1. The minimum atomic E-state index is -0.447. The van der Waals surface area contributed by atoms with Crippen LogP contribution in [0.25, 0.3) is 22.5 Å². The highest BCUT2D eigenvalue weighted by Gasteiger charge is 2.28. The molecule has 2 fully saturated rings. The predicted octanol–water partition coefficient (Wildman–Crippen LogP) is 4.79. The highest BCUT2D eigenvalue weighted by atomic mass is 35.5. The fourth-order valence-electron chi connectivity index (χ4n) is 4.85. The van der Waals surface area contributed by atoms with Crippen molar-refractivity contribution in [2.24, 2.45) is 0 Å². The molecule has 2 aliphatic rings. The molecule has 6 rings (SSSR count). The van der Waals surface area contributed by atoms with E-state index in [2.05, 4.69) is 30.0 Å². The molecule has 0 aliphatic carbocycles. The second-order valence-electron chi connectivity index (χ2n) is 9.23. The lowest BCUT2D eigenvalue weighted by Gasteiger charge is -2.30. The van der Waals surface area contributed by atoms with Gasteiger partial charge in [0.15, 0.2) is 11.4 Å². The molecule has 2 saturated heterocycles. The molecule has 0 aromatic carbocycles. The SMILES string of the molecule is O=C(c1cccc(-c2cn[nH]c2)n1)N(Cl)c1cc2oc(N3CCCCC3)nc2nc1N1CCCCC1. The van der Waals surface area contributed by atoms with Crippen molar-refractivity contribution in [1.82, 2.24) is 25.1 Å². The van der Waals surface area contributed by atoms with Crippen LogP contribution in [0.1, 0.15) is 49.0 Å². The van der Waals surface area contributed by atoms with Gasteiger partial charge < -0.3 is 14.2 Å². The molecule has 4 aromatic rings. The Labute approximate surface area is 213 Å². The van der Waals surface area contributed by atoms with Crippen LogP contribution in [0.4, 0.5) is 17.5 Å². The number of fused-ring (bicyclic) bond motifs is 1. The second kappa shape index (κ2) is 9.77. The number of pyridine rings is 2. The number of carbonyl (C=O) groups excluding carboxylic acids is 1. The molecular weight excluding hydrogens is 480 g/mol. The number of oxazole rings is 1. The van der Waals surface area contributed by atoms with E-state index in [0.717, 1.165) is 61.8 Å². The number of H-pyrrole nitrogens is 1. The zero-order valence-corrected chi connectivity index (χ0v) is 20.6. The van der Waals surface area contributed by atoms with Crippen molar-refractivity contribution in [3.8, 4) is 11.3 Å². The van der Waals surface area contributed by atoms with E-state index in [9.17, 15) is 4.79 Å². The summed E-state index contributed by atoms with van der Waals surface area (Å²) in [5, 5.41) is 6.73. The van der Waals surface area contributed by atoms with Crippen LogP contribution in [0.5, 0.6) is 0 Å². The summed E-state index contributed by atoms with van der Waals surface area (Å²) < 4.78 is 7.20. The van der Waals surface area contributed by atoms with E-state index in [4.69, 9.17) is 21.2 Å². The molecule has 0 atom stereocenters. The van der Waals surface area contributed by atoms with Crippen LogP contribution in [-0.2, 0) is 0 Å². The van der Waals surface area contributed by atoms with Gasteiger partial charge in [-0.05, 0) is 50.7 Å². The van der Waals surface area contributed by atoms with Gasteiger partial charge in [-0.25, -0.2) is 14.4 Å². The highest BCUT2D eigenvalue weighted by molar-refractivity contribution is 6.39. The number of nitrogens with zero attached hydrogens (tertiary/aromatic N) is 7. The molecule has 0 bridgehead atoms. The number of hydrogen-bond donors (Lipinski definition) is 1. The summed E-state index contributed by atoms with van der Waals surface area (Å²) in [5.41, 5.74) is 3.14. The van der Waals surface area contributed by atoms with Crippen molar-refractivity contribution in [1.29, 1.82) is 0 Å². The number of aromatic nitrogens is 5. The standard InChI is InChI=1S/C25H27ClN8O2/c26-34(24(35)19-9-7-8-18(29-19)17-15-27-28-16-17)20-14-21-22(30-23(20)32-10-3-1-4-11-32)31-25(36-21)33-12-5-2-6-13-33/h7-9,14-16H,1-6,10-13H2,(H,27,28). The number of anilines is 3. The Hall–Kier alpha value is -3.66. The third kappa shape index (κ3) is 4.37. The van der Waals surface area contributed by atoms with Crippen LogP contribution in [0.2, 0.25) is 0 Å². The largest absolute Gasteiger partial charge is 0.422 e. The molecule has 10 nitrogen and oxygen atoms in total. The summed E-state index contributed by atoms with van der Waals surface area (Å²) in [5.74, 6) is 0.187. The molecule has 36 heavy (non-hydrogen) atoms. The number of piperidine rings is 2. The number of amides is 1. The molecule has 186 valence electrons. The van der Waals surface area contributed by atoms with Crippen molar-refractivity contribution in [2.45, 2.75) is 38.5 Å². The number of nitrogens with one attached hydrogen (secondary N) is 1. The Bertz CT molecular complexity index is 1360. The molecule has 0 saturated carbocycles. The number of aromatic amines is 1. The molecule has 0 unspecified atom stereocenters. The van der Waals surface area contributed by atoms with Gasteiger partial charge in [0.1, 0.15) is 11.4 Å². The quantitative estimate of drug-likeness (QED) is 0.385. The van der Waals surface area contributed by atoms with Gasteiger partial charge in [0.05, 0.1) is 11.9 Å². The lowest BCUT2D eigenvalue weighted by Crippen LogP contribution is -2.32. The van der Waals surface area contributed by atoms with Crippen molar-refractivity contribution < 1.29 is 9.21 Å². The average molecular weight is 507 g/mol. The zero-order chi connectivity index (χ0) is 24.5. The first-order chi connectivity index (χ1) is 17.7. The van der Waals surface area contributed by atoms with E-state index in [-0.39, 0.29) is 5.69 Å². The molecule has 0 spiro atoms. The molecule has 4 aromatic heterocycles. The average Bonchev–Trinajstić information content (AvgIpc) is 3.63. The lowest BCUT2D eigenvalue weighted by molar-refractivity contribution is 0.100. The Balaban J connectivity index is 1.38. The number of halogens is 1. The third-order valence-electron chi connectivity index (χ3n) is 6.77. The van der Waals surface area contributed by atoms with Crippen LogP contribution < -0.4 is 14.2 Å². The minimum Gasteiger partial charge on any atom is -0.422 e. The second-order valence-corrected chi connectivity index (χ2v) is 9.56. The molecular formula is C25H27ClN8O2. The highest BCUT2D eigenvalue weighted by Crippen LogP contribution is 2.36. The summed E-state index contributed by atoms with van der Waals surface area (Å²) in [4.78, 5) is 31.9. The normalized spacial score (nSPS) is 16.5. The van der Waals surface area contributed by atoms with Crippen LogP contribution >= 0.6 is 11.8 Å². The van der Waals surface area contributed by atoms with E-state index in [1.807, 2.05) is 6.07 Å². The van der Waals surface area contributed by atoms with E-state index < -0.39 is 5.91 Å². The van der Waals surface area contributed by atoms with Crippen molar-refractivity contribution in [3.63, 3.8) is 0 Å². The summed E-state index contributed by atoms with van der Waals surface area (Å²) in [6, 6.07) is 7.60. The summed E-state index contributed by atoms with van der Waals surface area (Å²) >= 11 is 6.73. The molecule has 11 heteroatoms. The Kier molecular flexibility index (Phi) is 6.18. The molecule has 1 N–H and O–H groups in total. The van der Waals surface area contributed by atoms with Gasteiger partial charge in [0, 0.05) is 55.8 Å².